The Morgan fingerprint density at radius 1 is 1.08 bits per heavy atom. The van der Waals surface area contributed by atoms with E-state index in [0.29, 0.717) is 0 Å². The molecule has 0 atom stereocenters. The fourth-order valence-electron chi connectivity index (χ4n) is 2.80. The van der Waals surface area contributed by atoms with E-state index in [9.17, 15) is 0 Å². The van der Waals surface area contributed by atoms with Crippen LogP contribution < -0.4 is 0 Å². The molecule has 0 spiro atoms. The van der Waals surface area contributed by atoms with E-state index in [-0.39, 0.29) is 0 Å². The molecule has 1 aromatic carbocycles. The molecule has 0 aliphatic carbocycles. The highest BCUT2D eigenvalue weighted by molar-refractivity contribution is 7.98. The molecule has 26 heavy (non-hydrogen) atoms. The molecule has 4 aromatic rings. The van der Waals surface area contributed by atoms with Crippen LogP contribution in [-0.2, 0) is 18.8 Å². The molecule has 132 valence electrons. The van der Waals surface area contributed by atoms with Crippen molar-refractivity contribution in [2.45, 2.75) is 30.9 Å². The third-order valence-electron chi connectivity index (χ3n) is 4.10. The van der Waals surface area contributed by atoms with Crippen molar-refractivity contribution in [3.63, 3.8) is 0 Å². The molecule has 0 saturated carbocycles. The van der Waals surface area contributed by atoms with Gasteiger partial charge in [0.25, 0.3) is 0 Å². The third-order valence-corrected chi connectivity index (χ3v) is 5.07. The van der Waals surface area contributed by atoms with Gasteiger partial charge < -0.3 is 8.98 Å². The van der Waals surface area contributed by atoms with Gasteiger partial charge in [-0.05, 0) is 24.6 Å². The number of rotatable bonds is 7. The van der Waals surface area contributed by atoms with Gasteiger partial charge in [-0.1, -0.05) is 42.1 Å². The Bertz CT molecular complexity index is 959. The second kappa shape index (κ2) is 7.61. The monoisotopic (exact) mass is 365 g/mol. The number of imidazole rings is 1. The van der Waals surface area contributed by atoms with E-state index < -0.39 is 0 Å². The van der Waals surface area contributed by atoms with Crippen molar-refractivity contribution in [3.8, 4) is 11.6 Å². The highest BCUT2D eigenvalue weighted by Crippen LogP contribution is 2.26. The Labute approximate surface area is 155 Å². The molecule has 0 N–H and O–H groups in total. The summed E-state index contributed by atoms with van der Waals surface area (Å²) in [7, 11) is 0. The van der Waals surface area contributed by atoms with Crippen LogP contribution in [0.1, 0.15) is 18.3 Å². The van der Waals surface area contributed by atoms with Gasteiger partial charge in [-0.3, -0.25) is 4.57 Å². The zero-order valence-corrected chi connectivity index (χ0v) is 15.3. The van der Waals surface area contributed by atoms with Gasteiger partial charge in [0.05, 0.1) is 12.0 Å². The number of hydrogen-bond acceptors (Lipinski definition) is 5. The molecule has 0 unspecified atom stereocenters. The average Bonchev–Trinajstić information content (AvgIpc) is 3.41. The molecule has 6 nitrogen and oxygen atoms in total. The topological polar surface area (TPSA) is 61.7 Å². The summed E-state index contributed by atoms with van der Waals surface area (Å²) in [6, 6.07) is 14.2. The van der Waals surface area contributed by atoms with E-state index in [1.165, 1.54) is 5.56 Å². The summed E-state index contributed by atoms with van der Waals surface area (Å²) >= 11 is 1.64. The summed E-state index contributed by atoms with van der Waals surface area (Å²) in [6.07, 6.45) is 5.51. The highest BCUT2D eigenvalue weighted by atomic mass is 32.2. The quantitative estimate of drug-likeness (QED) is 0.462. The first-order valence-corrected chi connectivity index (χ1v) is 9.47. The van der Waals surface area contributed by atoms with Crippen molar-refractivity contribution in [1.29, 1.82) is 0 Å². The SMILES string of the molecule is CCn1c(SCc2nccn2Cc2ccccc2)nnc1-c1ccco1. The van der Waals surface area contributed by atoms with Crippen molar-refractivity contribution >= 4 is 11.8 Å². The molecule has 0 aliphatic heterocycles. The van der Waals surface area contributed by atoms with E-state index in [0.717, 1.165) is 41.4 Å². The molecular weight excluding hydrogens is 346 g/mol. The molecule has 0 saturated heterocycles. The minimum absolute atomic E-state index is 0.732. The Kier molecular flexibility index (Phi) is 4.88. The van der Waals surface area contributed by atoms with E-state index in [2.05, 4.69) is 55.5 Å². The number of furan rings is 1. The zero-order valence-electron chi connectivity index (χ0n) is 14.4. The largest absolute Gasteiger partial charge is 0.461 e. The van der Waals surface area contributed by atoms with Gasteiger partial charge in [-0.2, -0.15) is 0 Å². The summed E-state index contributed by atoms with van der Waals surface area (Å²) in [6.45, 7) is 3.68. The van der Waals surface area contributed by atoms with Crippen LogP contribution >= 0.6 is 11.8 Å². The molecule has 3 aromatic heterocycles. The van der Waals surface area contributed by atoms with E-state index in [1.807, 2.05) is 30.6 Å². The Morgan fingerprint density at radius 3 is 2.73 bits per heavy atom. The molecule has 0 aliphatic rings. The van der Waals surface area contributed by atoms with Gasteiger partial charge in [0.2, 0.25) is 0 Å². The molecule has 3 heterocycles. The minimum atomic E-state index is 0.732. The van der Waals surface area contributed by atoms with Crippen molar-refractivity contribution in [3.05, 3.63) is 72.5 Å². The lowest BCUT2D eigenvalue weighted by molar-refractivity contribution is 0.567. The first-order chi connectivity index (χ1) is 12.8. The van der Waals surface area contributed by atoms with Gasteiger partial charge in [0.1, 0.15) is 5.82 Å². The molecular formula is C19H19N5OS. The summed E-state index contributed by atoms with van der Waals surface area (Å²) in [4.78, 5) is 4.51. The number of aromatic nitrogens is 5. The zero-order chi connectivity index (χ0) is 17.8. The predicted octanol–water partition coefficient (Wildman–Crippen LogP) is 4.10. The predicted molar refractivity (Wildman–Crippen MR) is 101 cm³/mol. The normalized spacial score (nSPS) is 11.1. The average molecular weight is 365 g/mol. The number of hydrogen-bond donors (Lipinski definition) is 0. The molecule has 0 fully saturated rings. The van der Waals surface area contributed by atoms with Crippen LogP contribution in [0.5, 0.6) is 0 Å². The second-order valence-electron chi connectivity index (χ2n) is 5.77. The summed E-state index contributed by atoms with van der Waals surface area (Å²) < 4.78 is 9.69. The van der Waals surface area contributed by atoms with Crippen LogP contribution in [0.15, 0.2) is 70.7 Å². The van der Waals surface area contributed by atoms with Gasteiger partial charge >= 0.3 is 0 Å². The van der Waals surface area contributed by atoms with Crippen LogP contribution in [0.2, 0.25) is 0 Å². The maximum Gasteiger partial charge on any atom is 0.200 e. The van der Waals surface area contributed by atoms with Crippen LogP contribution in [0.4, 0.5) is 0 Å². The fraction of sp³-hybridized carbons (Fsp3) is 0.211. The van der Waals surface area contributed by atoms with Gasteiger partial charge in [0, 0.05) is 25.5 Å². The first kappa shape index (κ1) is 16.7. The van der Waals surface area contributed by atoms with Gasteiger partial charge in [-0.25, -0.2) is 4.98 Å². The molecule has 0 bridgehead atoms. The second-order valence-corrected chi connectivity index (χ2v) is 6.72. The smallest absolute Gasteiger partial charge is 0.200 e. The lowest BCUT2D eigenvalue weighted by atomic mass is 10.2. The van der Waals surface area contributed by atoms with Crippen LogP contribution in [0, 0.1) is 0 Å². The standard InChI is InChI=1S/C19H19N5OS/c1-2-24-18(16-9-6-12-25-16)21-22-19(24)26-14-17-20-10-11-23(17)13-15-7-4-3-5-8-15/h3-12H,2,13-14H2,1H3. The van der Waals surface area contributed by atoms with E-state index >= 15 is 0 Å². The fourth-order valence-corrected chi connectivity index (χ4v) is 3.77. The third kappa shape index (κ3) is 3.43. The molecule has 7 heteroatoms. The number of benzene rings is 1. The lowest BCUT2D eigenvalue weighted by Crippen LogP contribution is -2.04. The van der Waals surface area contributed by atoms with Crippen molar-refractivity contribution in [1.82, 2.24) is 24.3 Å². The number of nitrogens with zero attached hydrogens (tertiary/aromatic N) is 5. The Balaban J connectivity index is 1.49. The summed E-state index contributed by atoms with van der Waals surface area (Å²) in [5.74, 6) is 3.24. The highest BCUT2D eigenvalue weighted by Gasteiger charge is 2.16. The van der Waals surface area contributed by atoms with Crippen LogP contribution in [0.3, 0.4) is 0 Å². The van der Waals surface area contributed by atoms with Crippen molar-refractivity contribution in [2.24, 2.45) is 0 Å². The number of thioether (sulfide) groups is 1. The maximum absolute atomic E-state index is 5.46. The Hall–Kier alpha value is -2.80. The van der Waals surface area contributed by atoms with Crippen LogP contribution in [0.25, 0.3) is 11.6 Å². The molecule has 4 rings (SSSR count). The van der Waals surface area contributed by atoms with Gasteiger partial charge in [-0.15, -0.1) is 10.2 Å². The van der Waals surface area contributed by atoms with Crippen molar-refractivity contribution in [2.75, 3.05) is 0 Å². The Morgan fingerprint density at radius 2 is 1.96 bits per heavy atom. The minimum Gasteiger partial charge on any atom is -0.461 e. The summed E-state index contributed by atoms with van der Waals surface area (Å²) in [5.41, 5.74) is 1.26. The maximum atomic E-state index is 5.46. The lowest BCUT2D eigenvalue weighted by Gasteiger charge is -2.08. The van der Waals surface area contributed by atoms with Crippen molar-refractivity contribution < 1.29 is 4.42 Å². The molecule has 0 amide bonds. The van der Waals surface area contributed by atoms with E-state index in [1.54, 1.807) is 18.0 Å². The summed E-state index contributed by atoms with van der Waals surface area (Å²) in [5, 5.41) is 9.49. The first-order valence-electron chi connectivity index (χ1n) is 8.49. The van der Waals surface area contributed by atoms with Crippen LogP contribution in [-0.4, -0.2) is 24.3 Å². The van der Waals surface area contributed by atoms with E-state index in [4.69, 9.17) is 4.42 Å². The van der Waals surface area contributed by atoms with Gasteiger partial charge in [0.15, 0.2) is 16.7 Å². The molecule has 0 radical (unpaired) electrons.